The molecule has 2 heterocycles. The monoisotopic (exact) mass is 304 g/mol. The van der Waals surface area contributed by atoms with Gasteiger partial charge in [0.1, 0.15) is 18.2 Å². The van der Waals surface area contributed by atoms with Gasteiger partial charge in [-0.2, -0.15) is 5.26 Å². The number of pyridine rings is 1. The molecule has 0 unspecified atom stereocenters. The quantitative estimate of drug-likeness (QED) is 0.830. The van der Waals surface area contributed by atoms with E-state index in [-0.39, 0.29) is 28.9 Å². The van der Waals surface area contributed by atoms with Gasteiger partial charge in [0, 0.05) is 17.5 Å². The van der Waals surface area contributed by atoms with Crippen molar-refractivity contribution >= 4 is 5.97 Å². The fraction of sp³-hybridized carbons (Fsp3) is 0.562. The standard InChI is InChI=1S/C16H20N2O4/c1-10-12(11(2)18-15(20)13(10)6-17)4-5-14(19)22-9-16(3)7-21-8-16/h4-5,7-9H2,1-3H3,(H,18,20). The molecule has 0 radical (unpaired) electrons. The summed E-state index contributed by atoms with van der Waals surface area (Å²) in [4.78, 5) is 26.2. The minimum atomic E-state index is -0.387. The molecule has 2 rings (SSSR count). The third kappa shape index (κ3) is 3.37. The Morgan fingerprint density at radius 3 is 2.68 bits per heavy atom. The van der Waals surface area contributed by atoms with E-state index < -0.39 is 0 Å². The lowest BCUT2D eigenvalue weighted by Crippen LogP contribution is -2.44. The highest BCUT2D eigenvalue weighted by Gasteiger charge is 2.34. The van der Waals surface area contributed by atoms with Gasteiger partial charge in [-0.3, -0.25) is 9.59 Å². The predicted octanol–water partition coefficient (Wildman–Crippen LogP) is 1.38. The molecule has 0 aliphatic carbocycles. The molecular formula is C16H20N2O4. The van der Waals surface area contributed by atoms with E-state index in [1.54, 1.807) is 13.8 Å². The van der Waals surface area contributed by atoms with Crippen molar-refractivity contribution in [1.29, 1.82) is 5.26 Å². The summed E-state index contributed by atoms with van der Waals surface area (Å²) in [6.07, 6.45) is 0.657. The highest BCUT2D eigenvalue weighted by molar-refractivity contribution is 5.70. The summed E-state index contributed by atoms with van der Waals surface area (Å²) in [6, 6.07) is 1.91. The van der Waals surface area contributed by atoms with Crippen LogP contribution in [0.2, 0.25) is 0 Å². The van der Waals surface area contributed by atoms with E-state index in [4.69, 9.17) is 14.7 Å². The topological polar surface area (TPSA) is 92.2 Å². The molecule has 6 heteroatoms. The molecule has 0 atom stereocenters. The van der Waals surface area contributed by atoms with E-state index in [1.165, 1.54) is 0 Å². The summed E-state index contributed by atoms with van der Waals surface area (Å²) >= 11 is 0. The number of aromatic amines is 1. The molecule has 0 aromatic carbocycles. The number of rotatable bonds is 5. The molecule has 6 nitrogen and oxygen atoms in total. The molecule has 1 aliphatic rings. The molecule has 0 saturated carbocycles. The maximum Gasteiger partial charge on any atom is 0.306 e. The van der Waals surface area contributed by atoms with E-state index in [0.717, 1.165) is 5.56 Å². The summed E-state index contributed by atoms with van der Waals surface area (Å²) in [5, 5.41) is 9.03. The van der Waals surface area contributed by atoms with Crippen molar-refractivity contribution in [3.63, 3.8) is 0 Å². The number of ether oxygens (including phenoxy) is 2. The Bertz CT molecular complexity index is 681. The average molecular weight is 304 g/mol. The van der Waals surface area contributed by atoms with Gasteiger partial charge >= 0.3 is 5.97 Å². The second-order valence-electron chi connectivity index (χ2n) is 6.13. The molecule has 1 N–H and O–H groups in total. The number of hydrogen-bond donors (Lipinski definition) is 1. The van der Waals surface area contributed by atoms with Gasteiger partial charge in [-0.25, -0.2) is 0 Å². The van der Waals surface area contributed by atoms with Crippen molar-refractivity contribution in [2.75, 3.05) is 19.8 Å². The van der Waals surface area contributed by atoms with Gasteiger partial charge in [0.2, 0.25) is 0 Å². The summed E-state index contributed by atoms with van der Waals surface area (Å²) in [6.45, 7) is 7.10. The lowest BCUT2D eigenvalue weighted by molar-refractivity contribution is -0.165. The summed E-state index contributed by atoms with van der Waals surface area (Å²) < 4.78 is 10.4. The summed E-state index contributed by atoms with van der Waals surface area (Å²) in [5.74, 6) is -0.281. The highest BCUT2D eigenvalue weighted by Crippen LogP contribution is 2.26. The number of carbonyl (C=O) groups is 1. The molecule has 1 aromatic rings. The van der Waals surface area contributed by atoms with Crippen molar-refractivity contribution in [2.45, 2.75) is 33.6 Å². The van der Waals surface area contributed by atoms with Crippen LogP contribution in [-0.2, 0) is 20.7 Å². The molecule has 0 amide bonds. The van der Waals surface area contributed by atoms with Crippen LogP contribution in [0.5, 0.6) is 0 Å². The first kappa shape index (κ1) is 16.2. The van der Waals surface area contributed by atoms with E-state index >= 15 is 0 Å². The number of aromatic nitrogens is 1. The van der Waals surface area contributed by atoms with Crippen LogP contribution in [-0.4, -0.2) is 30.8 Å². The Kier molecular flexibility index (Phi) is 4.67. The molecule has 0 spiro atoms. The van der Waals surface area contributed by atoms with E-state index in [0.29, 0.717) is 37.5 Å². The van der Waals surface area contributed by atoms with Crippen LogP contribution in [0.3, 0.4) is 0 Å². The van der Waals surface area contributed by atoms with Crippen LogP contribution in [0.25, 0.3) is 0 Å². The number of aryl methyl sites for hydroxylation is 1. The van der Waals surface area contributed by atoms with Gasteiger partial charge in [-0.15, -0.1) is 0 Å². The van der Waals surface area contributed by atoms with E-state index in [1.807, 2.05) is 13.0 Å². The zero-order valence-electron chi connectivity index (χ0n) is 13.1. The maximum absolute atomic E-state index is 11.8. The molecule has 118 valence electrons. The smallest absolute Gasteiger partial charge is 0.306 e. The largest absolute Gasteiger partial charge is 0.465 e. The lowest BCUT2D eigenvalue weighted by Gasteiger charge is -2.37. The minimum Gasteiger partial charge on any atom is -0.465 e. The lowest BCUT2D eigenvalue weighted by atomic mass is 9.90. The van der Waals surface area contributed by atoms with Gasteiger partial charge in [0.25, 0.3) is 5.56 Å². The van der Waals surface area contributed by atoms with Gasteiger partial charge in [0.15, 0.2) is 0 Å². The first-order chi connectivity index (χ1) is 10.4. The Morgan fingerprint density at radius 1 is 1.45 bits per heavy atom. The van der Waals surface area contributed by atoms with Gasteiger partial charge in [-0.1, -0.05) is 6.92 Å². The van der Waals surface area contributed by atoms with Crippen LogP contribution in [0.1, 0.15) is 35.7 Å². The SMILES string of the molecule is Cc1[nH]c(=O)c(C#N)c(C)c1CCC(=O)OCC1(C)COC1. The van der Waals surface area contributed by atoms with Crippen LogP contribution in [0.15, 0.2) is 4.79 Å². The number of H-pyrrole nitrogens is 1. The number of esters is 1. The minimum absolute atomic E-state index is 0.0620. The number of nitriles is 1. The van der Waals surface area contributed by atoms with Crippen molar-refractivity contribution < 1.29 is 14.3 Å². The zero-order chi connectivity index (χ0) is 16.3. The maximum atomic E-state index is 11.8. The van der Waals surface area contributed by atoms with Gasteiger partial charge in [-0.05, 0) is 31.4 Å². The normalized spacial score (nSPS) is 15.7. The second kappa shape index (κ2) is 6.32. The van der Waals surface area contributed by atoms with Crippen LogP contribution >= 0.6 is 0 Å². The van der Waals surface area contributed by atoms with E-state index in [9.17, 15) is 9.59 Å². The number of hydrogen-bond acceptors (Lipinski definition) is 5. The summed E-state index contributed by atoms with van der Waals surface area (Å²) in [5.41, 5.74) is 1.80. The number of nitrogens with one attached hydrogen (secondary N) is 1. The Labute approximate surface area is 129 Å². The Hall–Kier alpha value is -2.13. The van der Waals surface area contributed by atoms with Crippen LogP contribution < -0.4 is 5.56 Å². The molecule has 1 saturated heterocycles. The molecule has 0 bridgehead atoms. The molecular weight excluding hydrogens is 284 g/mol. The van der Waals surface area contributed by atoms with Gasteiger partial charge in [0.05, 0.1) is 13.2 Å². The first-order valence-electron chi connectivity index (χ1n) is 7.22. The molecule has 1 aromatic heterocycles. The highest BCUT2D eigenvalue weighted by atomic mass is 16.5. The number of carbonyl (C=O) groups excluding carboxylic acids is 1. The first-order valence-corrected chi connectivity index (χ1v) is 7.22. The Balaban J connectivity index is 1.98. The second-order valence-corrected chi connectivity index (χ2v) is 6.13. The van der Waals surface area contributed by atoms with Gasteiger partial charge < -0.3 is 14.5 Å². The third-order valence-electron chi connectivity index (χ3n) is 3.98. The van der Waals surface area contributed by atoms with Crippen molar-refractivity contribution in [3.05, 3.63) is 32.7 Å². The fourth-order valence-electron chi connectivity index (χ4n) is 2.51. The predicted molar refractivity (Wildman–Crippen MR) is 79.5 cm³/mol. The third-order valence-corrected chi connectivity index (χ3v) is 3.98. The summed E-state index contributed by atoms with van der Waals surface area (Å²) in [7, 11) is 0. The van der Waals surface area contributed by atoms with Crippen molar-refractivity contribution in [1.82, 2.24) is 4.98 Å². The number of nitrogens with zero attached hydrogens (tertiary/aromatic N) is 1. The molecule has 1 aliphatic heterocycles. The fourth-order valence-corrected chi connectivity index (χ4v) is 2.51. The Morgan fingerprint density at radius 2 is 2.14 bits per heavy atom. The van der Waals surface area contributed by atoms with Crippen molar-refractivity contribution in [3.8, 4) is 6.07 Å². The average Bonchev–Trinajstić information content (AvgIpc) is 2.43. The molecule has 1 fully saturated rings. The van der Waals surface area contributed by atoms with Crippen molar-refractivity contribution in [2.24, 2.45) is 5.41 Å². The van der Waals surface area contributed by atoms with E-state index in [2.05, 4.69) is 4.98 Å². The van der Waals surface area contributed by atoms with Crippen LogP contribution in [0.4, 0.5) is 0 Å². The van der Waals surface area contributed by atoms with Crippen LogP contribution in [0, 0.1) is 30.6 Å². The zero-order valence-corrected chi connectivity index (χ0v) is 13.1. The molecule has 22 heavy (non-hydrogen) atoms.